The van der Waals surface area contributed by atoms with Crippen LogP contribution in [0, 0.1) is 0 Å². The number of carbonyl (C=O) groups is 1. The third kappa shape index (κ3) is 4.72. The first-order valence-corrected chi connectivity index (χ1v) is 11.1. The second kappa shape index (κ2) is 9.32. The van der Waals surface area contributed by atoms with Crippen molar-refractivity contribution in [2.75, 3.05) is 0 Å². The lowest BCUT2D eigenvalue weighted by Gasteiger charge is -2.11. The van der Waals surface area contributed by atoms with Crippen LogP contribution in [0.15, 0.2) is 82.3 Å². The van der Waals surface area contributed by atoms with E-state index in [1.807, 2.05) is 53.2 Å². The summed E-state index contributed by atoms with van der Waals surface area (Å²) in [6.07, 6.45) is 6.98. The molecule has 0 saturated carbocycles. The van der Waals surface area contributed by atoms with Crippen LogP contribution in [0.25, 0.3) is 11.3 Å². The number of pyridine rings is 2. The Balaban J connectivity index is 0.000000166. The van der Waals surface area contributed by atoms with Gasteiger partial charge in [0.15, 0.2) is 6.29 Å². The van der Waals surface area contributed by atoms with E-state index in [2.05, 4.69) is 41.8 Å². The first-order chi connectivity index (χ1) is 15.0. The molecule has 0 aliphatic carbocycles. The van der Waals surface area contributed by atoms with Crippen molar-refractivity contribution in [3.63, 3.8) is 0 Å². The molecule has 1 aromatic carbocycles. The van der Waals surface area contributed by atoms with Gasteiger partial charge in [0, 0.05) is 26.4 Å². The van der Waals surface area contributed by atoms with Crippen LogP contribution in [0.1, 0.15) is 27.8 Å². The summed E-state index contributed by atoms with van der Waals surface area (Å²) in [5, 5.41) is 11.1. The minimum Gasteiger partial charge on any atom is -0.382 e. The normalized spacial score (nSPS) is 11.9. The number of aromatic nitrogens is 4. The molecule has 9 heteroatoms. The molecule has 0 radical (unpaired) electrons. The van der Waals surface area contributed by atoms with E-state index in [4.69, 9.17) is 11.6 Å². The van der Waals surface area contributed by atoms with E-state index < -0.39 is 6.10 Å². The lowest BCUT2D eigenvalue weighted by atomic mass is 10.1. The highest BCUT2D eigenvalue weighted by atomic mass is 79.9. The summed E-state index contributed by atoms with van der Waals surface area (Å²) in [5.41, 5.74) is 3.64. The van der Waals surface area contributed by atoms with Crippen molar-refractivity contribution in [3.05, 3.63) is 104 Å². The number of aliphatic hydroxyl groups excluding tert-OH is 1. The second-order valence-electron chi connectivity index (χ2n) is 6.59. The first-order valence-electron chi connectivity index (χ1n) is 9.10. The number of benzene rings is 1. The molecule has 1 N–H and O–H groups in total. The zero-order chi connectivity index (χ0) is 22.0. The average Bonchev–Trinajstić information content (AvgIpc) is 3.37. The summed E-state index contributed by atoms with van der Waals surface area (Å²) in [5.74, 6) is 0. The van der Waals surface area contributed by atoms with Gasteiger partial charge in [0.25, 0.3) is 0 Å². The second-order valence-corrected chi connectivity index (χ2v) is 8.86. The van der Waals surface area contributed by atoms with E-state index in [0.29, 0.717) is 10.7 Å². The fourth-order valence-corrected chi connectivity index (χ4v) is 3.85. The number of aliphatic hydroxyl groups is 1. The number of imidazole rings is 2. The fraction of sp³-hybridized carbons (Fsp3) is 0.0455. The molecule has 31 heavy (non-hydrogen) atoms. The quantitative estimate of drug-likeness (QED) is 0.285. The smallest absolute Gasteiger partial charge is 0.168 e. The predicted molar refractivity (Wildman–Crippen MR) is 127 cm³/mol. The van der Waals surface area contributed by atoms with Crippen LogP contribution in [0.3, 0.4) is 0 Å². The Morgan fingerprint density at radius 1 is 0.871 bits per heavy atom. The van der Waals surface area contributed by atoms with Crippen LogP contribution in [-0.4, -0.2) is 30.2 Å². The molecule has 5 rings (SSSR count). The molecule has 6 nitrogen and oxygen atoms in total. The summed E-state index contributed by atoms with van der Waals surface area (Å²) < 4.78 is 5.46. The molecular formula is C22H15Br2ClN4O2. The average molecular weight is 563 g/mol. The van der Waals surface area contributed by atoms with E-state index in [-0.39, 0.29) is 0 Å². The third-order valence-electron chi connectivity index (χ3n) is 4.58. The molecule has 4 aromatic heterocycles. The van der Waals surface area contributed by atoms with Crippen molar-refractivity contribution in [1.82, 2.24) is 18.8 Å². The third-order valence-corrected chi connectivity index (χ3v) is 5.77. The molecule has 5 aromatic rings. The molecule has 0 aliphatic rings. The number of hydrogen-bond donors (Lipinski definition) is 1. The van der Waals surface area contributed by atoms with Gasteiger partial charge in [-0.1, -0.05) is 23.7 Å². The van der Waals surface area contributed by atoms with Gasteiger partial charge in [-0.3, -0.25) is 13.6 Å². The molecule has 0 spiro atoms. The van der Waals surface area contributed by atoms with Gasteiger partial charge in [-0.05, 0) is 73.8 Å². The Labute approximate surface area is 199 Å². The summed E-state index contributed by atoms with van der Waals surface area (Å²) >= 11 is 12.6. The maximum Gasteiger partial charge on any atom is 0.168 e. The topological polar surface area (TPSA) is 71.9 Å². The van der Waals surface area contributed by atoms with Crippen LogP contribution < -0.4 is 0 Å². The molecule has 0 bridgehead atoms. The van der Waals surface area contributed by atoms with Crippen molar-refractivity contribution >= 4 is 61.0 Å². The van der Waals surface area contributed by atoms with E-state index in [9.17, 15) is 9.90 Å². The van der Waals surface area contributed by atoms with E-state index in [1.165, 1.54) is 0 Å². The zero-order valence-electron chi connectivity index (χ0n) is 15.9. The van der Waals surface area contributed by atoms with Gasteiger partial charge >= 0.3 is 0 Å². The number of nitrogens with zero attached hydrogens (tertiary/aromatic N) is 4. The van der Waals surface area contributed by atoms with Gasteiger partial charge in [0.05, 0.1) is 18.1 Å². The van der Waals surface area contributed by atoms with Crippen molar-refractivity contribution in [1.29, 1.82) is 0 Å². The van der Waals surface area contributed by atoms with Gasteiger partial charge < -0.3 is 5.11 Å². The van der Waals surface area contributed by atoms with Gasteiger partial charge in [0.1, 0.15) is 23.1 Å². The summed E-state index contributed by atoms with van der Waals surface area (Å²) in [6, 6.07) is 14.7. The van der Waals surface area contributed by atoms with E-state index in [1.54, 1.807) is 28.9 Å². The van der Waals surface area contributed by atoms with Crippen molar-refractivity contribution in [2.45, 2.75) is 6.10 Å². The lowest BCUT2D eigenvalue weighted by molar-refractivity contribution is 0.111. The number of aldehydes is 1. The van der Waals surface area contributed by atoms with Crippen molar-refractivity contribution < 1.29 is 9.90 Å². The molecule has 1 atom stereocenters. The molecule has 1 unspecified atom stereocenters. The summed E-state index contributed by atoms with van der Waals surface area (Å²) in [4.78, 5) is 18.8. The molecule has 156 valence electrons. The number of carbonyl (C=O) groups excluding carboxylic acids is 1. The Morgan fingerprint density at radius 2 is 1.45 bits per heavy atom. The Hall–Kier alpha value is -2.52. The lowest BCUT2D eigenvalue weighted by Crippen LogP contribution is -2.03. The number of hydrogen-bond acceptors (Lipinski definition) is 4. The largest absolute Gasteiger partial charge is 0.382 e. The number of fused-ring (bicyclic) bond motifs is 2. The standard InChI is InChI=1S/C14H10BrClN2O.C8H5BrN2O/c15-10-3-6-13-17-7-12(18(13)8-10)14(19)9-1-4-11(16)5-2-9;9-6-1-2-8-10-3-7(5-12)11(8)4-6/h1-8,14,19H;1-5H. The summed E-state index contributed by atoms with van der Waals surface area (Å²) in [6.45, 7) is 0. The molecule has 4 heterocycles. The highest BCUT2D eigenvalue weighted by Crippen LogP contribution is 2.25. The first kappa shape index (κ1) is 21.7. The number of halogens is 3. The van der Waals surface area contributed by atoms with Gasteiger partial charge in [-0.2, -0.15) is 0 Å². The van der Waals surface area contributed by atoms with E-state index >= 15 is 0 Å². The van der Waals surface area contributed by atoms with Crippen LogP contribution in [0.2, 0.25) is 5.02 Å². The van der Waals surface area contributed by atoms with Crippen LogP contribution in [0.5, 0.6) is 0 Å². The highest BCUT2D eigenvalue weighted by Gasteiger charge is 2.15. The van der Waals surface area contributed by atoms with Gasteiger partial charge in [-0.25, -0.2) is 9.97 Å². The van der Waals surface area contributed by atoms with Crippen molar-refractivity contribution in [2.24, 2.45) is 0 Å². The predicted octanol–water partition coefficient (Wildman–Crippen LogP) is 5.74. The van der Waals surface area contributed by atoms with Gasteiger partial charge in [0.2, 0.25) is 0 Å². The van der Waals surface area contributed by atoms with Crippen molar-refractivity contribution in [3.8, 4) is 0 Å². The monoisotopic (exact) mass is 560 g/mol. The maximum absolute atomic E-state index is 10.5. The van der Waals surface area contributed by atoms with Gasteiger partial charge in [-0.15, -0.1) is 0 Å². The minimum atomic E-state index is -0.735. The fourth-order valence-electron chi connectivity index (χ4n) is 3.05. The SMILES string of the molecule is O=Cc1cnc2ccc(Br)cn12.OC(c1ccc(Cl)cc1)c1cnc2ccc(Br)cn12. The molecule has 0 saturated heterocycles. The van der Waals surface area contributed by atoms with Crippen LogP contribution >= 0.6 is 43.5 Å². The Bertz CT molecular complexity index is 1370. The molecular weight excluding hydrogens is 548 g/mol. The summed E-state index contributed by atoms with van der Waals surface area (Å²) in [7, 11) is 0. The number of rotatable bonds is 3. The molecule has 0 aliphatic heterocycles. The Morgan fingerprint density at radius 3 is 2.10 bits per heavy atom. The zero-order valence-corrected chi connectivity index (χ0v) is 19.8. The van der Waals surface area contributed by atoms with Crippen LogP contribution in [-0.2, 0) is 0 Å². The maximum atomic E-state index is 10.5. The van der Waals surface area contributed by atoms with E-state index in [0.717, 1.165) is 37.8 Å². The van der Waals surface area contributed by atoms with Crippen LogP contribution in [0.4, 0.5) is 0 Å². The Kier molecular flexibility index (Phi) is 6.52. The minimum absolute atomic E-state index is 0.561. The molecule has 0 amide bonds. The highest BCUT2D eigenvalue weighted by molar-refractivity contribution is 9.10. The molecule has 0 fully saturated rings.